The first-order chi connectivity index (χ1) is 11.9. The van der Waals surface area contributed by atoms with Crippen molar-refractivity contribution in [2.24, 2.45) is 11.8 Å². The maximum absolute atomic E-state index is 13.4. The highest BCUT2D eigenvalue weighted by Gasteiger charge is 2.35. The van der Waals surface area contributed by atoms with Crippen LogP contribution in [0.25, 0.3) is 0 Å². The van der Waals surface area contributed by atoms with Crippen molar-refractivity contribution in [2.45, 2.75) is 72.8 Å². The number of amides is 1. The van der Waals surface area contributed by atoms with Crippen LogP contribution in [0.2, 0.25) is 0 Å². The maximum Gasteiger partial charge on any atom is 0.348 e. The fourth-order valence-electron chi connectivity index (χ4n) is 3.55. The molecule has 1 aromatic heterocycles. The van der Waals surface area contributed by atoms with Crippen LogP contribution in [0.5, 0.6) is 0 Å². The van der Waals surface area contributed by atoms with Gasteiger partial charge in [-0.1, -0.05) is 39.3 Å². The van der Waals surface area contributed by atoms with Crippen molar-refractivity contribution in [3.8, 4) is 0 Å². The molecule has 1 aliphatic rings. The Balaban J connectivity index is 2.49. The van der Waals surface area contributed by atoms with Crippen LogP contribution < -0.4 is 4.90 Å². The molecular weight excluding hydrogens is 346 g/mol. The molecule has 0 fully saturated rings. The van der Waals surface area contributed by atoms with Gasteiger partial charge in [0.05, 0.1) is 5.69 Å². The van der Waals surface area contributed by atoms with Crippen LogP contribution in [0, 0.1) is 11.8 Å². The minimum absolute atomic E-state index is 0.0389. The van der Waals surface area contributed by atoms with Gasteiger partial charge in [-0.15, -0.1) is 11.3 Å². The first-order valence-corrected chi connectivity index (χ1v) is 10.1. The molecule has 1 heterocycles. The lowest BCUT2D eigenvalue weighted by Gasteiger charge is -2.34. The Morgan fingerprint density at radius 3 is 2.38 bits per heavy atom. The summed E-state index contributed by atoms with van der Waals surface area (Å²) in [7, 11) is 0. The SMILES string of the molecule is CC1=CC[C@@H](C(=O)N(c2cc(C(C)(C)C)sc2C(=O)O)C(C)C)[C@@H](C)C1. The van der Waals surface area contributed by atoms with Gasteiger partial charge in [0.25, 0.3) is 0 Å². The first kappa shape index (κ1) is 20.7. The number of nitrogens with zero attached hydrogens (tertiary/aromatic N) is 1. The summed E-state index contributed by atoms with van der Waals surface area (Å²) in [6.07, 6.45) is 3.80. The Kier molecular flexibility index (Phi) is 6.01. The van der Waals surface area contributed by atoms with Crippen molar-refractivity contribution in [3.63, 3.8) is 0 Å². The van der Waals surface area contributed by atoms with Gasteiger partial charge in [-0.2, -0.15) is 0 Å². The molecule has 0 aliphatic heterocycles. The fourth-order valence-corrected chi connectivity index (χ4v) is 4.60. The van der Waals surface area contributed by atoms with E-state index in [0.29, 0.717) is 5.69 Å². The van der Waals surface area contributed by atoms with E-state index in [4.69, 9.17) is 0 Å². The minimum Gasteiger partial charge on any atom is -0.477 e. The van der Waals surface area contributed by atoms with Crippen LogP contribution in [0.4, 0.5) is 5.69 Å². The Bertz CT molecular complexity index is 724. The summed E-state index contributed by atoms with van der Waals surface area (Å²) >= 11 is 1.28. The van der Waals surface area contributed by atoms with Crippen molar-refractivity contribution in [1.29, 1.82) is 0 Å². The van der Waals surface area contributed by atoms with Gasteiger partial charge in [-0.05, 0) is 51.0 Å². The van der Waals surface area contributed by atoms with E-state index in [1.54, 1.807) is 4.90 Å². The predicted molar refractivity (Wildman–Crippen MR) is 108 cm³/mol. The Hall–Kier alpha value is -1.62. The quantitative estimate of drug-likeness (QED) is 0.707. The van der Waals surface area contributed by atoms with Crippen LogP contribution in [0.3, 0.4) is 0 Å². The summed E-state index contributed by atoms with van der Waals surface area (Å²) in [4.78, 5) is 28.2. The Morgan fingerprint density at radius 2 is 1.92 bits per heavy atom. The number of anilines is 1. The molecule has 4 nitrogen and oxygen atoms in total. The lowest BCUT2D eigenvalue weighted by Crippen LogP contribution is -2.44. The highest BCUT2D eigenvalue weighted by atomic mass is 32.1. The summed E-state index contributed by atoms with van der Waals surface area (Å²) in [6.45, 7) is 14.3. The number of allylic oxidation sites excluding steroid dienone is 2. The van der Waals surface area contributed by atoms with Crippen molar-refractivity contribution in [3.05, 3.63) is 27.5 Å². The van der Waals surface area contributed by atoms with E-state index in [9.17, 15) is 14.7 Å². The largest absolute Gasteiger partial charge is 0.477 e. The first-order valence-electron chi connectivity index (χ1n) is 9.29. The van der Waals surface area contributed by atoms with E-state index in [1.165, 1.54) is 16.9 Å². The zero-order valence-corrected chi connectivity index (χ0v) is 17.7. The highest BCUT2D eigenvalue weighted by Crippen LogP contribution is 2.40. The van der Waals surface area contributed by atoms with Crippen LogP contribution >= 0.6 is 11.3 Å². The van der Waals surface area contributed by atoms with E-state index in [-0.39, 0.29) is 34.1 Å². The highest BCUT2D eigenvalue weighted by molar-refractivity contribution is 7.14. The fraction of sp³-hybridized carbons (Fsp3) is 0.619. The number of carboxylic acids is 1. The summed E-state index contributed by atoms with van der Waals surface area (Å²) in [6, 6.07) is 1.81. The number of hydrogen-bond acceptors (Lipinski definition) is 3. The summed E-state index contributed by atoms with van der Waals surface area (Å²) in [5.41, 5.74) is 1.72. The van der Waals surface area contributed by atoms with Crippen LogP contribution in [0.1, 0.15) is 75.9 Å². The van der Waals surface area contributed by atoms with Gasteiger partial charge in [0.2, 0.25) is 5.91 Å². The summed E-state index contributed by atoms with van der Waals surface area (Å²) in [5.74, 6) is -0.758. The number of thiophene rings is 1. The number of hydrogen-bond donors (Lipinski definition) is 1. The number of rotatable bonds is 4. The van der Waals surface area contributed by atoms with Crippen LogP contribution in [0.15, 0.2) is 17.7 Å². The van der Waals surface area contributed by atoms with Crippen molar-refractivity contribution in [2.75, 3.05) is 4.90 Å². The molecule has 0 spiro atoms. The lowest BCUT2D eigenvalue weighted by molar-refractivity contribution is -0.124. The van der Waals surface area contributed by atoms with Gasteiger partial charge < -0.3 is 10.0 Å². The van der Waals surface area contributed by atoms with E-state index in [1.807, 2.05) is 19.9 Å². The molecule has 2 rings (SSSR count). The predicted octanol–water partition coefficient (Wildman–Crippen LogP) is 5.48. The third kappa shape index (κ3) is 4.20. The van der Waals surface area contributed by atoms with E-state index in [2.05, 4.69) is 40.7 Å². The van der Waals surface area contributed by atoms with Crippen LogP contribution in [-0.4, -0.2) is 23.0 Å². The number of carboxylic acid groups (broad SMARTS) is 1. The summed E-state index contributed by atoms with van der Waals surface area (Å²) in [5, 5.41) is 9.72. The van der Waals surface area contributed by atoms with Gasteiger partial charge in [0.15, 0.2) is 0 Å². The van der Waals surface area contributed by atoms with Gasteiger partial charge in [0.1, 0.15) is 4.88 Å². The van der Waals surface area contributed by atoms with Gasteiger partial charge in [-0.3, -0.25) is 4.79 Å². The van der Waals surface area contributed by atoms with Crippen molar-refractivity contribution in [1.82, 2.24) is 0 Å². The molecule has 1 aliphatic carbocycles. The second-order valence-corrected chi connectivity index (χ2v) is 9.81. The Labute approximate surface area is 160 Å². The molecule has 0 aromatic carbocycles. The average molecular weight is 378 g/mol. The molecule has 1 aromatic rings. The third-order valence-corrected chi connectivity index (χ3v) is 6.57. The van der Waals surface area contributed by atoms with E-state index in [0.717, 1.165) is 17.7 Å². The number of carbonyl (C=O) groups excluding carboxylic acids is 1. The zero-order chi connectivity index (χ0) is 19.8. The lowest BCUT2D eigenvalue weighted by atomic mass is 9.80. The Morgan fingerprint density at radius 1 is 1.31 bits per heavy atom. The normalized spacial score (nSPS) is 20.8. The molecule has 1 N–H and O–H groups in total. The van der Waals surface area contributed by atoms with E-state index >= 15 is 0 Å². The molecule has 0 bridgehead atoms. The molecule has 1 amide bonds. The van der Waals surface area contributed by atoms with Gasteiger partial charge in [0, 0.05) is 16.8 Å². The second kappa shape index (κ2) is 7.55. The molecular formula is C21H31NO3S. The van der Waals surface area contributed by atoms with Gasteiger partial charge in [-0.25, -0.2) is 4.79 Å². The smallest absolute Gasteiger partial charge is 0.348 e. The topological polar surface area (TPSA) is 57.6 Å². The molecule has 0 unspecified atom stereocenters. The third-order valence-electron chi connectivity index (χ3n) is 5.03. The van der Waals surface area contributed by atoms with Crippen LogP contribution in [-0.2, 0) is 10.2 Å². The average Bonchev–Trinajstić information content (AvgIpc) is 2.91. The van der Waals surface area contributed by atoms with Crippen molar-refractivity contribution >= 4 is 28.9 Å². The zero-order valence-electron chi connectivity index (χ0n) is 16.9. The molecule has 26 heavy (non-hydrogen) atoms. The molecule has 144 valence electrons. The van der Waals surface area contributed by atoms with Gasteiger partial charge >= 0.3 is 5.97 Å². The van der Waals surface area contributed by atoms with Crippen molar-refractivity contribution < 1.29 is 14.7 Å². The number of aromatic carboxylic acids is 1. The monoisotopic (exact) mass is 377 g/mol. The molecule has 5 heteroatoms. The standard InChI is InChI=1S/C21H31NO3S/c1-12(2)22(19(23)15-9-8-13(3)10-14(15)4)16-11-17(21(5,6)7)26-18(16)20(24)25/h8,11-12,14-15H,9-10H2,1-7H3,(H,24,25)/t14-,15+/m0/s1. The summed E-state index contributed by atoms with van der Waals surface area (Å²) < 4.78 is 0. The maximum atomic E-state index is 13.4. The minimum atomic E-state index is -0.966. The molecule has 0 radical (unpaired) electrons. The molecule has 0 saturated carbocycles. The van der Waals surface area contributed by atoms with E-state index < -0.39 is 5.97 Å². The number of carbonyl (C=O) groups is 2. The second-order valence-electron chi connectivity index (χ2n) is 8.76. The molecule has 2 atom stereocenters. The molecule has 0 saturated heterocycles.